The van der Waals surface area contributed by atoms with Gasteiger partial charge in [-0.2, -0.15) is 0 Å². The van der Waals surface area contributed by atoms with Gasteiger partial charge in [0.15, 0.2) is 0 Å². The van der Waals surface area contributed by atoms with Crippen LogP contribution in [-0.2, 0) is 19.8 Å². The largest absolute Gasteiger partial charge is 0.333 e. The Kier molecular flexibility index (Phi) is 4.05. The van der Waals surface area contributed by atoms with Gasteiger partial charge in [-0.1, -0.05) is 24.3 Å². The molecule has 0 aliphatic carbocycles. The first kappa shape index (κ1) is 18.3. The summed E-state index contributed by atoms with van der Waals surface area (Å²) in [5.74, 6) is -0.900. The highest BCUT2D eigenvalue weighted by molar-refractivity contribution is 6.08. The number of amides is 5. The Morgan fingerprint density at radius 3 is 2.70 bits per heavy atom. The number of para-hydroxylation sites is 1. The highest BCUT2D eigenvalue weighted by Crippen LogP contribution is 2.54. The van der Waals surface area contributed by atoms with Gasteiger partial charge in [0.05, 0.1) is 6.04 Å². The number of nitrogens with one attached hydrogen (secondary N) is 2. The number of fused-ring (bicyclic) bond motifs is 2. The quantitative estimate of drug-likeness (QED) is 0.734. The lowest BCUT2D eigenvalue weighted by molar-refractivity contribution is -0.134. The molecule has 5 rings (SSSR count). The van der Waals surface area contributed by atoms with Gasteiger partial charge < -0.3 is 15.1 Å². The van der Waals surface area contributed by atoms with Crippen molar-refractivity contribution in [3.05, 3.63) is 59.9 Å². The zero-order valence-electron chi connectivity index (χ0n) is 16.0. The third-order valence-electron chi connectivity index (χ3n) is 6.10. The van der Waals surface area contributed by atoms with E-state index in [4.69, 9.17) is 0 Å². The first-order chi connectivity index (χ1) is 14.5. The summed E-state index contributed by atoms with van der Waals surface area (Å²) < 4.78 is 0. The van der Waals surface area contributed by atoms with Gasteiger partial charge in [-0.3, -0.25) is 24.7 Å². The molecule has 9 nitrogen and oxygen atoms in total. The van der Waals surface area contributed by atoms with Crippen LogP contribution in [0.1, 0.15) is 23.6 Å². The number of pyridine rings is 1. The molecule has 2 fully saturated rings. The first-order valence-corrected chi connectivity index (χ1v) is 9.70. The summed E-state index contributed by atoms with van der Waals surface area (Å²) in [7, 11) is 0. The molecule has 2 unspecified atom stereocenters. The predicted octanol–water partition coefficient (Wildman–Crippen LogP) is 0.797. The molecular formula is C21H19N5O4. The van der Waals surface area contributed by atoms with Gasteiger partial charge in [0, 0.05) is 24.6 Å². The van der Waals surface area contributed by atoms with E-state index in [1.165, 1.54) is 4.90 Å². The summed E-state index contributed by atoms with van der Waals surface area (Å²) in [6.07, 6.45) is 3.75. The van der Waals surface area contributed by atoms with Gasteiger partial charge in [-0.25, -0.2) is 4.79 Å². The van der Waals surface area contributed by atoms with Crippen LogP contribution in [0.25, 0.3) is 0 Å². The molecule has 152 valence electrons. The number of carbonyl (C=O) groups is 4. The van der Waals surface area contributed by atoms with E-state index in [-0.39, 0.29) is 24.9 Å². The molecule has 2 N–H and O–H groups in total. The van der Waals surface area contributed by atoms with Gasteiger partial charge in [0.25, 0.3) is 0 Å². The molecule has 0 radical (unpaired) electrons. The summed E-state index contributed by atoms with van der Waals surface area (Å²) in [5, 5.41) is 5.14. The monoisotopic (exact) mass is 405 g/mol. The number of imide groups is 1. The third kappa shape index (κ3) is 2.58. The topological polar surface area (TPSA) is 112 Å². The number of hydrogen-bond acceptors (Lipinski definition) is 5. The van der Waals surface area contributed by atoms with Gasteiger partial charge in [-0.15, -0.1) is 0 Å². The Balaban J connectivity index is 1.55. The average molecular weight is 405 g/mol. The molecule has 30 heavy (non-hydrogen) atoms. The Hall–Kier alpha value is -3.75. The fourth-order valence-corrected chi connectivity index (χ4v) is 4.82. The molecule has 1 spiro atoms. The van der Waals surface area contributed by atoms with E-state index in [1.807, 2.05) is 30.3 Å². The number of urea groups is 1. The molecule has 2 aromatic rings. The summed E-state index contributed by atoms with van der Waals surface area (Å²) in [6, 6.07) is 9.99. The molecule has 3 aliphatic rings. The number of anilines is 1. The molecule has 2 atom stereocenters. The van der Waals surface area contributed by atoms with Gasteiger partial charge >= 0.3 is 6.03 Å². The van der Waals surface area contributed by atoms with Crippen LogP contribution in [0.2, 0.25) is 0 Å². The van der Waals surface area contributed by atoms with Crippen LogP contribution < -0.4 is 10.6 Å². The molecule has 2 saturated heterocycles. The van der Waals surface area contributed by atoms with E-state index in [2.05, 4.69) is 15.6 Å². The maximum atomic E-state index is 13.3. The predicted molar refractivity (Wildman–Crippen MR) is 105 cm³/mol. The lowest BCUT2D eigenvalue weighted by Crippen LogP contribution is -2.46. The SMILES string of the molecule is O=C1CN(CC(=O)N2CCC3(C(=O)Nc4ccccc43)C2c2cccnc2)C(=O)N1. The normalized spacial score (nSPS) is 24.9. The number of rotatable bonds is 3. The molecule has 1 aromatic heterocycles. The third-order valence-corrected chi connectivity index (χ3v) is 6.10. The number of benzene rings is 1. The van der Waals surface area contributed by atoms with Crippen molar-refractivity contribution < 1.29 is 19.2 Å². The Morgan fingerprint density at radius 1 is 1.13 bits per heavy atom. The van der Waals surface area contributed by atoms with Crippen molar-refractivity contribution in [2.24, 2.45) is 0 Å². The molecule has 5 amide bonds. The van der Waals surface area contributed by atoms with Crippen LogP contribution in [0.15, 0.2) is 48.8 Å². The fraction of sp³-hybridized carbons (Fsp3) is 0.286. The summed E-state index contributed by atoms with van der Waals surface area (Å²) >= 11 is 0. The van der Waals surface area contributed by atoms with E-state index in [0.29, 0.717) is 13.0 Å². The second kappa shape index (κ2) is 6.65. The minimum Gasteiger partial charge on any atom is -0.333 e. The zero-order chi connectivity index (χ0) is 20.9. The molecule has 0 saturated carbocycles. The van der Waals surface area contributed by atoms with Gasteiger partial charge in [-0.05, 0) is 29.7 Å². The fourth-order valence-electron chi connectivity index (χ4n) is 4.82. The molecular weight excluding hydrogens is 386 g/mol. The Bertz CT molecular complexity index is 1070. The van der Waals surface area contributed by atoms with Crippen molar-refractivity contribution in [3.8, 4) is 0 Å². The maximum Gasteiger partial charge on any atom is 0.325 e. The Morgan fingerprint density at radius 2 is 1.97 bits per heavy atom. The lowest BCUT2D eigenvalue weighted by atomic mass is 9.73. The summed E-state index contributed by atoms with van der Waals surface area (Å²) in [5.41, 5.74) is 1.42. The molecule has 9 heteroatoms. The summed E-state index contributed by atoms with van der Waals surface area (Å²) in [4.78, 5) is 56.9. The first-order valence-electron chi connectivity index (χ1n) is 9.70. The van der Waals surface area contributed by atoms with E-state index in [9.17, 15) is 19.2 Å². The van der Waals surface area contributed by atoms with Crippen LogP contribution >= 0.6 is 0 Å². The standard InChI is InChI=1S/C21H19N5O4/c27-16-11-25(20(30)24-16)12-17(28)26-9-7-21(18(26)13-4-3-8-22-10-13)14-5-1-2-6-15(14)23-19(21)29/h1-6,8,10,18H,7,9,11-12H2,(H,23,29)(H,24,27,30). The highest BCUT2D eigenvalue weighted by atomic mass is 16.2. The molecule has 0 bridgehead atoms. The number of likely N-dealkylation sites (tertiary alicyclic amines) is 1. The molecule has 3 aliphatic heterocycles. The molecule has 4 heterocycles. The highest BCUT2D eigenvalue weighted by Gasteiger charge is 2.59. The van der Waals surface area contributed by atoms with Crippen LogP contribution in [-0.4, -0.2) is 58.2 Å². The minimum absolute atomic E-state index is 0.148. The van der Waals surface area contributed by atoms with Crippen molar-refractivity contribution in [3.63, 3.8) is 0 Å². The number of nitrogens with zero attached hydrogens (tertiary/aromatic N) is 3. The average Bonchev–Trinajstić information content (AvgIpc) is 3.38. The Labute approximate surface area is 172 Å². The van der Waals surface area contributed by atoms with Crippen LogP contribution in [0.5, 0.6) is 0 Å². The second-order valence-electron chi connectivity index (χ2n) is 7.71. The smallest absolute Gasteiger partial charge is 0.325 e. The van der Waals surface area contributed by atoms with E-state index in [0.717, 1.165) is 16.8 Å². The number of carbonyl (C=O) groups excluding carboxylic acids is 4. The van der Waals surface area contributed by atoms with E-state index in [1.54, 1.807) is 23.4 Å². The van der Waals surface area contributed by atoms with Crippen LogP contribution in [0.4, 0.5) is 10.5 Å². The molecule has 1 aromatic carbocycles. The minimum atomic E-state index is -0.932. The maximum absolute atomic E-state index is 13.3. The number of hydrogen-bond donors (Lipinski definition) is 2. The van der Waals surface area contributed by atoms with E-state index >= 15 is 0 Å². The van der Waals surface area contributed by atoms with Crippen LogP contribution in [0.3, 0.4) is 0 Å². The van der Waals surface area contributed by atoms with E-state index < -0.39 is 23.4 Å². The number of aromatic nitrogens is 1. The zero-order valence-corrected chi connectivity index (χ0v) is 16.0. The van der Waals surface area contributed by atoms with Crippen LogP contribution in [0, 0.1) is 0 Å². The lowest BCUT2D eigenvalue weighted by Gasteiger charge is -2.34. The van der Waals surface area contributed by atoms with Crippen molar-refractivity contribution in [2.45, 2.75) is 17.9 Å². The van der Waals surface area contributed by atoms with Crippen molar-refractivity contribution >= 4 is 29.4 Å². The van der Waals surface area contributed by atoms with Crippen molar-refractivity contribution in [1.29, 1.82) is 0 Å². The van der Waals surface area contributed by atoms with Gasteiger partial charge in [0.2, 0.25) is 17.7 Å². The summed E-state index contributed by atoms with van der Waals surface area (Å²) in [6.45, 7) is -0.0261. The van der Waals surface area contributed by atoms with Gasteiger partial charge in [0.1, 0.15) is 18.5 Å². The van der Waals surface area contributed by atoms with Crippen molar-refractivity contribution in [2.75, 3.05) is 25.0 Å². The van der Waals surface area contributed by atoms with Crippen molar-refractivity contribution in [1.82, 2.24) is 20.1 Å². The second-order valence-corrected chi connectivity index (χ2v) is 7.71.